The third-order valence-corrected chi connectivity index (χ3v) is 7.41. The fourth-order valence-electron chi connectivity index (χ4n) is 4.18. The Hall–Kier alpha value is -2.48. The molecule has 1 aromatic heterocycles. The van der Waals surface area contributed by atoms with Crippen LogP contribution in [0.4, 0.5) is 0 Å². The smallest absolute Gasteiger partial charge is 0.339 e. The molecule has 2 aromatic rings. The number of sulfone groups is 1. The summed E-state index contributed by atoms with van der Waals surface area (Å²) < 4.78 is 28.4. The molecule has 1 N–H and O–H groups in total. The number of para-hydroxylation sites is 1. The second-order valence-corrected chi connectivity index (χ2v) is 10.2. The maximum absolute atomic E-state index is 13.0. The van der Waals surface area contributed by atoms with E-state index in [0.29, 0.717) is 17.9 Å². The molecular weight excluding hydrogens is 392 g/mol. The number of rotatable bonds is 4. The van der Waals surface area contributed by atoms with Gasteiger partial charge in [0.1, 0.15) is 0 Å². The fourth-order valence-corrected chi connectivity index (χ4v) is 5.85. The Labute approximate surface area is 169 Å². The van der Waals surface area contributed by atoms with E-state index in [-0.39, 0.29) is 11.5 Å². The average Bonchev–Trinajstić information content (AvgIpc) is 3.02. The summed E-state index contributed by atoms with van der Waals surface area (Å²) in [5.41, 5.74) is 3.07. The zero-order valence-corrected chi connectivity index (χ0v) is 17.1. The number of aryl methyl sites for hydroxylation is 1. The Morgan fingerprint density at radius 3 is 2.79 bits per heavy atom. The summed E-state index contributed by atoms with van der Waals surface area (Å²) >= 11 is 0. The normalized spacial score (nSPS) is 22.8. The molecule has 2 heterocycles. The predicted molar refractivity (Wildman–Crippen MR) is 108 cm³/mol. The van der Waals surface area contributed by atoms with Gasteiger partial charge in [-0.05, 0) is 43.2 Å². The van der Waals surface area contributed by atoms with E-state index < -0.39 is 34.4 Å². The first-order valence-electron chi connectivity index (χ1n) is 9.90. The van der Waals surface area contributed by atoms with Crippen LogP contribution in [0, 0.1) is 5.92 Å². The number of hydrogen-bond acceptors (Lipinski definition) is 6. The third-order valence-electron chi connectivity index (χ3n) is 5.64. The number of hydrogen-bond donors (Lipinski definition) is 1. The van der Waals surface area contributed by atoms with E-state index in [9.17, 15) is 18.0 Å². The summed E-state index contributed by atoms with van der Waals surface area (Å²) in [5.74, 6) is -0.563. The fraction of sp³-hybridized carbons (Fsp3) is 0.476. The molecule has 0 unspecified atom stereocenters. The van der Waals surface area contributed by atoms with Crippen molar-refractivity contribution in [3.63, 3.8) is 0 Å². The minimum absolute atomic E-state index is 0.0624. The molecule has 0 spiro atoms. The van der Waals surface area contributed by atoms with E-state index in [1.54, 1.807) is 0 Å². The van der Waals surface area contributed by atoms with Gasteiger partial charge in [0, 0.05) is 17.1 Å². The highest BCUT2D eigenvalue weighted by Crippen LogP contribution is 2.32. The minimum atomic E-state index is -3.08. The van der Waals surface area contributed by atoms with Crippen molar-refractivity contribution in [2.45, 2.75) is 38.6 Å². The van der Waals surface area contributed by atoms with Crippen molar-refractivity contribution < 1.29 is 22.7 Å². The summed E-state index contributed by atoms with van der Waals surface area (Å²) in [4.78, 5) is 29.8. The number of ether oxygens (including phenoxy) is 1. The summed E-state index contributed by atoms with van der Waals surface area (Å²) in [5, 5.41) is 3.37. The Morgan fingerprint density at radius 1 is 1.24 bits per heavy atom. The monoisotopic (exact) mass is 416 g/mol. The van der Waals surface area contributed by atoms with Gasteiger partial charge >= 0.3 is 5.97 Å². The number of nitrogens with zero attached hydrogens (tertiary/aromatic N) is 1. The second-order valence-electron chi connectivity index (χ2n) is 8.02. The van der Waals surface area contributed by atoms with E-state index in [1.807, 2.05) is 24.3 Å². The molecule has 0 radical (unpaired) electrons. The number of nitrogens with one attached hydrogen (secondary N) is 1. The molecule has 2 atom stereocenters. The van der Waals surface area contributed by atoms with Crippen LogP contribution in [0.2, 0.25) is 0 Å². The van der Waals surface area contributed by atoms with Gasteiger partial charge in [-0.2, -0.15) is 0 Å². The number of carbonyl (C=O) groups is 2. The molecule has 0 saturated carbocycles. The van der Waals surface area contributed by atoms with Gasteiger partial charge in [-0.25, -0.2) is 13.2 Å². The number of esters is 1. The molecule has 1 aromatic carbocycles. The molecule has 4 rings (SSSR count). The molecule has 0 bridgehead atoms. The molecule has 1 amide bonds. The van der Waals surface area contributed by atoms with Crippen molar-refractivity contribution in [2.75, 3.05) is 18.1 Å². The highest BCUT2D eigenvalue weighted by Gasteiger charge is 2.30. The molecule has 2 aliphatic rings. The van der Waals surface area contributed by atoms with Gasteiger partial charge in [0.2, 0.25) is 0 Å². The van der Waals surface area contributed by atoms with Crippen molar-refractivity contribution >= 4 is 32.6 Å². The van der Waals surface area contributed by atoms with E-state index in [2.05, 4.69) is 12.2 Å². The number of pyridine rings is 1. The molecule has 8 heteroatoms. The van der Waals surface area contributed by atoms with Gasteiger partial charge < -0.3 is 10.1 Å². The summed E-state index contributed by atoms with van der Waals surface area (Å²) in [6.07, 6.45) is 2.99. The predicted octanol–water partition coefficient (Wildman–Crippen LogP) is 1.82. The van der Waals surface area contributed by atoms with Gasteiger partial charge in [-0.15, -0.1) is 0 Å². The highest BCUT2D eigenvalue weighted by molar-refractivity contribution is 7.91. The summed E-state index contributed by atoms with van der Waals surface area (Å²) in [7, 11) is -3.08. The van der Waals surface area contributed by atoms with Gasteiger partial charge in [0.05, 0.1) is 22.6 Å². The number of amides is 1. The lowest BCUT2D eigenvalue weighted by atomic mass is 9.84. The van der Waals surface area contributed by atoms with E-state index in [0.717, 1.165) is 41.4 Å². The van der Waals surface area contributed by atoms with Crippen LogP contribution in [0.25, 0.3) is 10.9 Å². The lowest BCUT2D eigenvalue weighted by Crippen LogP contribution is -2.38. The van der Waals surface area contributed by atoms with Crippen LogP contribution in [-0.4, -0.2) is 49.4 Å². The van der Waals surface area contributed by atoms with Crippen molar-refractivity contribution in [1.82, 2.24) is 10.3 Å². The first kappa shape index (κ1) is 19.8. The first-order chi connectivity index (χ1) is 13.8. The van der Waals surface area contributed by atoms with Crippen LogP contribution in [0.1, 0.15) is 41.4 Å². The molecule has 7 nitrogen and oxygen atoms in total. The van der Waals surface area contributed by atoms with Crippen LogP contribution in [0.15, 0.2) is 24.3 Å². The van der Waals surface area contributed by atoms with Crippen LogP contribution in [-0.2, 0) is 32.2 Å². The Bertz CT molecular complexity index is 1080. The summed E-state index contributed by atoms with van der Waals surface area (Å²) in [6, 6.07) is 7.04. The number of carbonyl (C=O) groups excluding carboxylic acids is 2. The molecule has 1 saturated heterocycles. The molecule has 154 valence electrons. The topological polar surface area (TPSA) is 102 Å². The quantitative estimate of drug-likeness (QED) is 0.763. The van der Waals surface area contributed by atoms with Crippen LogP contribution >= 0.6 is 0 Å². The van der Waals surface area contributed by atoms with Gasteiger partial charge in [-0.1, -0.05) is 25.1 Å². The second kappa shape index (κ2) is 7.74. The van der Waals surface area contributed by atoms with Gasteiger partial charge in [0.25, 0.3) is 5.91 Å². The van der Waals surface area contributed by atoms with E-state index in [4.69, 9.17) is 9.72 Å². The SMILES string of the molecule is C[C@H]1CCc2nc3ccccc3c(C(=O)OCC(=O)N[C@H]3CCS(=O)(=O)C3)c2C1. The lowest BCUT2D eigenvalue weighted by Gasteiger charge is -2.24. The Balaban J connectivity index is 1.52. The van der Waals surface area contributed by atoms with E-state index >= 15 is 0 Å². The Kier molecular flexibility index (Phi) is 5.29. The maximum atomic E-state index is 13.0. The van der Waals surface area contributed by atoms with Gasteiger partial charge in [-0.3, -0.25) is 9.78 Å². The van der Waals surface area contributed by atoms with Crippen molar-refractivity contribution in [3.8, 4) is 0 Å². The number of aromatic nitrogens is 1. The average molecular weight is 416 g/mol. The van der Waals surface area contributed by atoms with Crippen LogP contribution in [0.5, 0.6) is 0 Å². The molecule has 1 aliphatic carbocycles. The van der Waals surface area contributed by atoms with Crippen LogP contribution in [0.3, 0.4) is 0 Å². The molecule has 1 fully saturated rings. The van der Waals surface area contributed by atoms with Crippen molar-refractivity contribution in [1.29, 1.82) is 0 Å². The zero-order chi connectivity index (χ0) is 20.6. The minimum Gasteiger partial charge on any atom is -0.452 e. The van der Waals surface area contributed by atoms with Crippen molar-refractivity contribution in [2.24, 2.45) is 5.92 Å². The van der Waals surface area contributed by atoms with E-state index in [1.165, 1.54) is 0 Å². The molecular formula is C21H24N2O5S. The third kappa shape index (κ3) is 4.27. The van der Waals surface area contributed by atoms with Crippen LogP contribution < -0.4 is 5.32 Å². The first-order valence-corrected chi connectivity index (χ1v) is 11.7. The standard InChI is InChI=1S/C21H24N2O5S/c1-13-6-7-18-16(10-13)20(15-4-2-3-5-17(15)23-18)21(25)28-11-19(24)22-14-8-9-29(26,27)12-14/h2-5,13-14H,6-12H2,1H3,(H,22,24)/t13-,14-/m0/s1. The summed E-state index contributed by atoms with van der Waals surface area (Å²) in [6.45, 7) is 1.71. The maximum Gasteiger partial charge on any atom is 0.339 e. The Morgan fingerprint density at radius 2 is 2.03 bits per heavy atom. The van der Waals surface area contributed by atoms with Gasteiger partial charge in [0.15, 0.2) is 16.4 Å². The number of fused-ring (bicyclic) bond motifs is 2. The lowest BCUT2D eigenvalue weighted by molar-refractivity contribution is -0.124. The molecule has 1 aliphatic heterocycles. The zero-order valence-electron chi connectivity index (χ0n) is 16.3. The van der Waals surface area contributed by atoms with Crippen molar-refractivity contribution in [3.05, 3.63) is 41.1 Å². The number of benzene rings is 1. The largest absolute Gasteiger partial charge is 0.452 e. The highest BCUT2D eigenvalue weighted by atomic mass is 32.2. The molecule has 29 heavy (non-hydrogen) atoms.